The molecule has 110 valence electrons. The molecule has 0 aliphatic carbocycles. The first kappa shape index (κ1) is 20.0. The Labute approximate surface area is 146 Å². The Balaban J connectivity index is 0.00000361. The van der Waals surface area contributed by atoms with Gasteiger partial charge in [-0.3, -0.25) is 0 Å². The average Bonchev–Trinajstić information content (AvgIpc) is 2.16. The van der Waals surface area contributed by atoms with Gasteiger partial charge in [-0.25, -0.2) is 0 Å². The fourth-order valence-electron chi connectivity index (χ4n) is 2.29. The van der Waals surface area contributed by atoms with E-state index in [1.165, 1.54) is 5.56 Å². The normalized spacial score (nSPS) is 12.4. The van der Waals surface area contributed by atoms with Gasteiger partial charge in [-0.15, -0.1) is 0 Å². The molecule has 0 amide bonds. The molecule has 0 aliphatic heterocycles. The third kappa shape index (κ3) is 5.07. The van der Waals surface area contributed by atoms with E-state index in [-0.39, 0.29) is 40.4 Å². The van der Waals surface area contributed by atoms with E-state index in [9.17, 15) is 5.11 Å². The summed E-state index contributed by atoms with van der Waals surface area (Å²) in [6.07, 6.45) is 0. The number of benzene rings is 1. The van der Waals surface area contributed by atoms with Gasteiger partial charge in [-0.1, -0.05) is 53.7 Å². The molecule has 0 fully saturated rings. The van der Waals surface area contributed by atoms with Crippen LogP contribution in [0.3, 0.4) is 0 Å². The second kappa shape index (κ2) is 6.83. The molecule has 3 heteroatoms. The molecular formula is C17H30NNaO. The van der Waals surface area contributed by atoms with E-state index in [0.717, 1.165) is 17.7 Å². The molecule has 0 saturated heterocycles. The maximum absolute atomic E-state index is 10.6. The number of phenols is 1. The van der Waals surface area contributed by atoms with Crippen LogP contribution < -0.4 is 0 Å². The summed E-state index contributed by atoms with van der Waals surface area (Å²) in [5.41, 5.74) is 3.24. The maximum atomic E-state index is 10.6. The molecule has 0 aliphatic rings. The molecule has 0 aromatic heterocycles. The summed E-state index contributed by atoms with van der Waals surface area (Å²) >= 11 is 0. The van der Waals surface area contributed by atoms with Gasteiger partial charge in [0.15, 0.2) is 0 Å². The average molecular weight is 287 g/mol. The van der Waals surface area contributed by atoms with Crippen molar-refractivity contribution in [3.63, 3.8) is 0 Å². The first-order chi connectivity index (χ1) is 8.43. The predicted molar refractivity (Wildman–Crippen MR) is 90.0 cm³/mol. The van der Waals surface area contributed by atoms with Crippen LogP contribution in [0.4, 0.5) is 0 Å². The van der Waals surface area contributed by atoms with E-state index < -0.39 is 0 Å². The number of rotatable bonds is 2. The number of nitrogens with zero attached hydrogens (tertiary/aromatic N) is 1. The summed E-state index contributed by atoms with van der Waals surface area (Å²) in [4.78, 5) is 2.16. The van der Waals surface area contributed by atoms with Gasteiger partial charge in [0.1, 0.15) is 5.75 Å². The van der Waals surface area contributed by atoms with Crippen LogP contribution in [-0.4, -0.2) is 53.7 Å². The number of hydrogen-bond donors (Lipinski definition) is 1. The van der Waals surface area contributed by atoms with E-state index in [0.29, 0.717) is 5.75 Å². The molecule has 0 spiro atoms. The van der Waals surface area contributed by atoms with Crippen LogP contribution in [0.25, 0.3) is 0 Å². The fraction of sp³-hybridized carbons (Fsp3) is 0.647. The van der Waals surface area contributed by atoms with Crippen molar-refractivity contribution in [2.45, 2.75) is 58.9 Å². The quantitative estimate of drug-likeness (QED) is 0.843. The van der Waals surface area contributed by atoms with E-state index in [4.69, 9.17) is 0 Å². The third-order valence-corrected chi connectivity index (χ3v) is 3.28. The summed E-state index contributed by atoms with van der Waals surface area (Å²) in [6.45, 7) is 13.8. The zero-order valence-electron chi connectivity index (χ0n) is 13.8. The molecule has 1 aromatic carbocycles. The van der Waals surface area contributed by atoms with Crippen LogP contribution in [0.2, 0.25) is 0 Å². The molecule has 0 bridgehead atoms. The van der Waals surface area contributed by atoms with Crippen LogP contribution in [0.1, 0.15) is 58.2 Å². The molecule has 1 rings (SSSR count). The van der Waals surface area contributed by atoms with Gasteiger partial charge < -0.3 is 10.0 Å². The molecule has 1 aromatic rings. The Bertz CT molecular complexity index is 418. The number of hydrogen-bond acceptors (Lipinski definition) is 2. The van der Waals surface area contributed by atoms with Crippen LogP contribution in [0.15, 0.2) is 12.1 Å². The molecule has 0 saturated carbocycles. The monoisotopic (exact) mass is 287 g/mol. The molecule has 0 heterocycles. The predicted octanol–water partition coefficient (Wildman–Crippen LogP) is 3.40. The van der Waals surface area contributed by atoms with E-state index in [1.807, 2.05) is 0 Å². The minimum absolute atomic E-state index is 0. The fourth-order valence-corrected chi connectivity index (χ4v) is 2.29. The summed E-state index contributed by atoms with van der Waals surface area (Å²) in [5.74, 6) is 0.461. The zero-order chi connectivity index (χ0) is 15.0. The van der Waals surface area contributed by atoms with Gasteiger partial charge in [0, 0.05) is 6.54 Å². The Morgan fingerprint density at radius 1 is 0.900 bits per heavy atom. The standard InChI is InChI=1S/C17H29NO.Na.H/c1-16(2,3)13-9-12(11-18(7)8)10-14(15(13)19)17(4,5)6;;/h9-10,19H,11H2,1-8H3;;. The summed E-state index contributed by atoms with van der Waals surface area (Å²) in [7, 11) is 4.14. The van der Waals surface area contributed by atoms with Crippen molar-refractivity contribution in [1.29, 1.82) is 0 Å². The SMILES string of the molecule is CN(C)Cc1cc(C(C)(C)C)c(O)c(C(C)(C)C)c1.[NaH]. The van der Waals surface area contributed by atoms with Gasteiger partial charge in [0.05, 0.1) is 0 Å². The first-order valence-electron chi connectivity index (χ1n) is 6.94. The van der Waals surface area contributed by atoms with E-state index in [2.05, 4.69) is 72.7 Å². The molecule has 2 nitrogen and oxygen atoms in total. The van der Waals surface area contributed by atoms with Crippen LogP contribution in [0, 0.1) is 0 Å². The Hall–Kier alpha value is -0.0200. The van der Waals surface area contributed by atoms with Crippen molar-refractivity contribution in [2.24, 2.45) is 0 Å². The minimum atomic E-state index is -0.0492. The molecule has 0 unspecified atom stereocenters. The topological polar surface area (TPSA) is 23.5 Å². The molecular weight excluding hydrogens is 257 g/mol. The summed E-state index contributed by atoms with van der Waals surface area (Å²) < 4.78 is 0. The van der Waals surface area contributed by atoms with Gasteiger partial charge in [0.2, 0.25) is 0 Å². The van der Waals surface area contributed by atoms with Crippen molar-refractivity contribution < 1.29 is 5.11 Å². The van der Waals surface area contributed by atoms with Crippen molar-refractivity contribution in [3.05, 3.63) is 28.8 Å². The third-order valence-electron chi connectivity index (χ3n) is 3.28. The number of phenolic OH excluding ortho intramolecular Hbond substituents is 1. The Morgan fingerprint density at radius 2 is 1.25 bits per heavy atom. The van der Waals surface area contributed by atoms with Crippen molar-refractivity contribution >= 4 is 29.6 Å². The van der Waals surface area contributed by atoms with Gasteiger partial charge in [-0.05, 0) is 41.6 Å². The van der Waals surface area contributed by atoms with Crippen LogP contribution in [0.5, 0.6) is 5.75 Å². The van der Waals surface area contributed by atoms with Crippen molar-refractivity contribution in [3.8, 4) is 5.75 Å². The van der Waals surface area contributed by atoms with Gasteiger partial charge >= 0.3 is 29.6 Å². The Morgan fingerprint density at radius 3 is 1.50 bits per heavy atom. The molecule has 0 atom stereocenters. The number of aromatic hydroxyl groups is 1. The Kier molecular flexibility index (Phi) is 6.82. The van der Waals surface area contributed by atoms with Gasteiger partial charge in [-0.2, -0.15) is 0 Å². The second-order valence-electron chi connectivity index (χ2n) is 7.78. The summed E-state index contributed by atoms with van der Waals surface area (Å²) in [6, 6.07) is 4.29. The van der Waals surface area contributed by atoms with Crippen molar-refractivity contribution in [1.82, 2.24) is 4.90 Å². The van der Waals surface area contributed by atoms with E-state index in [1.54, 1.807) is 0 Å². The molecule has 0 radical (unpaired) electrons. The molecule has 20 heavy (non-hydrogen) atoms. The molecule has 1 N–H and O–H groups in total. The first-order valence-corrected chi connectivity index (χ1v) is 6.94. The van der Waals surface area contributed by atoms with Crippen LogP contribution in [-0.2, 0) is 17.4 Å². The van der Waals surface area contributed by atoms with Gasteiger partial charge in [0.25, 0.3) is 0 Å². The zero-order valence-corrected chi connectivity index (χ0v) is 13.8. The van der Waals surface area contributed by atoms with Crippen LogP contribution >= 0.6 is 0 Å². The van der Waals surface area contributed by atoms with Crippen molar-refractivity contribution in [2.75, 3.05) is 14.1 Å². The second-order valence-corrected chi connectivity index (χ2v) is 7.78. The summed E-state index contributed by atoms with van der Waals surface area (Å²) in [5, 5.41) is 10.6. The van der Waals surface area contributed by atoms with E-state index >= 15 is 0 Å².